The van der Waals surface area contributed by atoms with Gasteiger partial charge in [0.15, 0.2) is 5.82 Å². The number of hydrogen-bond acceptors (Lipinski definition) is 3. The van der Waals surface area contributed by atoms with E-state index >= 15 is 0 Å². The molecule has 1 fully saturated rings. The Hall–Kier alpha value is -1.79. The van der Waals surface area contributed by atoms with E-state index in [0.29, 0.717) is 19.1 Å². The van der Waals surface area contributed by atoms with E-state index in [9.17, 15) is 13.9 Å². The molecule has 0 saturated heterocycles. The molecule has 2 aromatic rings. The summed E-state index contributed by atoms with van der Waals surface area (Å²) in [5.41, 5.74) is 2.96. The zero-order valence-electron chi connectivity index (χ0n) is 13.4. The average molecular weight is 321 g/mol. The maximum Gasteiger partial charge on any atom is 0.151 e. The Labute approximate surface area is 134 Å². The third-order valence-corrected chi connectivity index (χ3v) is 4.39. The largest absolute Gasteiger partial charge is 0.395 e. The van der Waals surface area contributed by atoms with Crippen LogP contribution in [0.15, 0.2) is 18.2 Å². The lowest BCUT2D eigenvalue weighted by Crippen LogP contribution is -2.29. The van der Waals surface area contributed by atoms with E-state index in [1.165, 1.54) is 16.8 Å². The smallest absolute Gasteiger partial charge is 0.151 e. The third-order valence-electron chi connectivity index (χ3n) is 4.39. The van der Waals surface area contributed by atoms with Gasteiger partial charge in [-0.25, -0.2) is 13.5 Å². The topological polar surface area (TPSA) is 41.3 Å². The van der Waals surface area contributed by atoms with Gasteiger partial charge in [0.25, 0.3) is 0 Å². The molecule has 0 atom stereocenters. The minimum Gasteiger partial charge on any atom is -0.395 e. The molecule has 0 unspecified atom stereocenters. The zero-order chi connectivity index (χ0) is 16.6. The number of aliphatic hydroxyl groups excluding tert-OH is 1. The van der Waals surface area contributed by atoms with Gasteiger partial charge in [-0.1, -0.05) is 0 Å². The fraction of sp³-hybridized carbons (Fsp3) is 0.471. The van der Waals surface area contributed by atoms with E-state index in [1.807, 2.05) is 13.8 Å². The van der Waals surface area contributed by atoms with Crippen molar-refractivity contribution in [2.75, 3.05) is 13.2 Å². The summed E-state index contributed by atoms with van der Waals surface area (Å²) in [4.78, 5) is 2.24. The first kappa shape index (κ1) is 16.1. The van der Waals surface area contributed by atoms with Crippen LogP contribution in [-0.4, -0.2) is 39.0 Å². The Morgan fingerprint density at radius 3 is 2.65 bits per heavy atom. The zero-order valence-corrected chi connectivity index (χ0v) is 13.4. The molecule has 0 radical (unpaired) electrons. The van der Waals surface area contributed by atoms with Crippen LogP contribution < -0.4 is 0 Å². The molecular weight excluding hydrogens is 300 g/mol. The molecule has 4 nitrogen and oxygen atoms in total. The van der Waals surface area contributed by atoms with Crippen molar-refractivity contribution in [1.82, 2.24) is 14.7 Å². The fourth-order valence-electron chi connectivity index (χ4n) is 2.95. The quantitative estimate of drug-likeness (QED) is 0.889. The second-order valence-corrected chi connectivity index (χ2v) is 6.08. The summed E-state index contributed by atoms with van der Waals surface area (Å²) in [6, 6.07) is 4.02. The van der Waals surface area contributed by atoms with E-state index < -0.39 is 11.6 Å². The number of nitrogens with zero attached hydrogens (tertiary/aromatic N) is 3. The molecule has 0 spiro atoms. The second-order valence-electron chi connectivity index (χ2n) is 6.08. The van der Waals surface area contributed by atoms with Crippen molar-refractivity contribution >= 4 is 0 Å². The lowest BCUT2D eigenvalue weighted by atomic mass is 10.1. The summed E-state index contributed by atoms with van der Waals surface area (Å²) in [6.07, 6.45) is 2.30. The van der Waals surface area contributed by atoms with E-state index in [1.54, 1.807) is 0 Å². The lowest BCUT2D eigenvalue weighted by Gasteiger charge is -2.21. The van der Waals surface area contributed by atoms with Crippen LogP contribution >= 0.6 is 0 Å². The minimum absolute atomic E-state index is 0.120. The Bertz CT molecular complexity index is 710. The number of aliphatic hydroxyl groups is 1. The maximum absolute atomic E-state index is 14.0. The summed E-state index contributed by atoms with van der Waals surface area (Å²) in [7, 11) is 0. The standard InChI is InChI=1S/C17H21F2N3O/c1-11-15(10-21(7-8-23)14-4-5-14)12(2)22(20-11)17-6-3-13(18)9-16(17)19/h3,6,9,14,23H,4-5,7-8,10H2,1-2H3. The molecule has 1 heterocycles. The molecule has 0 amide bonds. The summed E-state index contributed by atoms with van der Waals surface area (Å²) in [5, 5.41) is 13.7. The highest BCUT2D eigenvalue weighted by Crippen LogP contribution is 2.30. The lowest BCUT2D eigenvalue weighted by molar-refractivity contribution is 0.183. The number of halogens is 2. The molecule has 3 rings (SSSR count). The first-order valence-corrected chi connectivity index (χ1v) is 7.86. The van der Waals surface area contributed by atoms with E-state index in [-0.39, 0.29) is 12.3 Å². The predicted molar refractivity (Wildman–Crippen MR) is 83.5 cm³/mol. The Kier molecular flexibility index (Phi) is 4.46. The highest BCUT2D eigenvalue weighted by molar-refractivity contribution is 5.38. The molecular formula is C17H21F2N3O. The highest BCUT2D eigenvalue weighted by Gasteiger charge is 2.30. The molecule has 124 valence electrons. The van der Waals surface area contributed by atoms with Crippen molar-refractivity contribution in [1.29, 1.82) is 0 Å². The number of aryl methyl sites for hydroxylation is 1. The van der Waals surface area contributed by atoms with Crippen LogP contribution in [0.2, 0.25) is 0 Å². The summed E-state index contributed by atoms with van der Waals surface area (Å²) >= 11 is 0. The second kappa shape index (κ2) is 6.37. The number of benzene rings is 1. The van der Waals surface area contributed by atoms with Crippen molar-refractivity contribution in [3.05, 3.63) is 46.8 Å². The van der Waals surface area contributed by atoms with Crippen LogP contribution in [0.5, 0.6) is 0 Å². The van der Waals surface area contributed by atoms with Crippen LogP contribution in [0.25, 0.3) is 5.69 Å². The van der Waals surface area contributed by atoms with Crippen molar-refractivity contribution < 1.29 is 13.9 Å². The van der Waals surface area contributed by atoms with Crippen molar-refractivity contribution in [3.63, 3.8) is 0 Å². The normalized spacial score (nSPS) is 14.7. The predicted octanol–water partition coefficient (Wildman–Crippen LogP) is 2.72. The van der Waals surface area contributed by atoms with E-state index in [0.717, 1.165) is 35.9 Å². The molecule has 1 N–H and O–H groups in total. The molecule has 0 aliphatic heterocycles. The van der Waals surface area contributed by atoms with Crippen LogP contribution in [0, 0.1) is 25.5 Å². The van der Waals surface area contributed by atoms with E-state index in [2.05, 4.69) is 10.00 Å². The van der Waals surface area contributed by atoms with Crippen LogP contribution in [0.1, 0.15) is 29.8 Å². The fourth-order valence-corrected chi connectivity index (χ4v) is 2.95. The van der Waals surface area contributed by atoms with Gasteiger partial charge in [0.2, 0.25) is 0 Å². The van der Waals surface area contributed by atoms with E-state index in [4.69, 9.17) is 0 Å². The monoisotopic (exact) mass is 321 g/mol. The molecule has 1 aromatic carbocycles. The molecule has 1 aliphatic rings. The average Bonchev–Trinajstić information content (AvgIpc) is 3.30. The van der Waals surface area contributed by atoms with Gasteiger partial charge in [0.1, 0.15) is 11.5 Å². The maximum atomic E-state index is 14.0. The number of aromatic nitrogens is 2. The minimum atomic E-state index is -0.628. The van der Waals surface area contributed by atoms with Gasteiger partial charge in [-0.2, -0.15) is 5.10 Å². The van der Waals surface area contributed by atoms with Crippen LogP contribution in [0.3, 0.4) is 0 Å². The number of rotatable bonds is 6. The molecule has 6 heteroatoms. The molecule has 1 saturated carbocycles. The van der Waals surface area contributed by atoms with Crippen molar-refractivity contribution in [2.45, 2.75) is 39.3 Å². The SMILES string of the molecule is Cc1nn(-c2ccc(F)cc2F)c(C)c1CN(CCO)C1CC1. The highest BCUT2D eigenvalue weighted by atomic mass is 19.1. The van der Waals surface area contributed by atoms with Gasteiger partial charge in [-0.05, 0) is 38.8 Å². The first-order chi connectivity index (χ1) is 11.0. The molecule has 1 aromatic heterocycles. The third kappa shape index (κ3) is 3.28. The molecule has 0 bridgehead atoms. The van der Waals surface area contributed by atoms with Gasteiger partial charge >= 0.3 is 0 Å². The molecule has 23 heavy (non-hydrogen) atoms. The summed E-state index contributed by atoms with van der Waals surface area (Å²) in [5.74, 6) is -1.23. The van der Waals surface area contributed by atoms with Crippen LogP contribution in [-0.2, 0) is 6.54 Å². The Morgan fingerprint density at radius 2 is 2.04 bits per heavy atom. The van der Waals surface area contributed by atoms with Gasteiger partial charge in [-0.3, -0.25) is 4.90 Å². The number of hydrogen-bond donors (Lipinski definition) is 1. The van der Waals surface area contributed by atoms with Gasteiger partial charge < -0.3 is 5.11 Å². The molecule has 1 aliphatic carbocycles. The summed E-state index contributed by atoms with van der Waals surface area (Å²) < 4.78 is 28.7. The van der Waals surface area contributed by atoms with Gasteiger partial charge in [0, 0.05) is 36.5 Å². The van der Waals surface area contributed by atoms with Crippen molar-refractivity contribution in [3.8, 4) is 5.69 Å². The Morgan fingerprint density at radius 1 is 1.30 bits per heavy atom. The first-order valence-electron chi connectivity index (χ1n) is 7.86. The van der Waals surface area contributed by atoms with Gasteiger partial charge in [-0.15, -0.1) is 0 Å². The van der Waals surface area contributed by atoms with Gasteiger partial charge in [0.05, 0.1) is 12.3 Å². The van der Waals surface area contributed by atoms with Crippen molar-refractivity contribution in [2.24, 2.45) is 0 Å². The Balaban J connectivity index is 1.92. The van der Waals surface area contributed by atoms with Crippen LogP contribution in [0.4, 0.5) is 8.78 Å². The summed E-state index contributed by atoms with van der Waals surface area (Å²) in [6.45, 7) is 5.22.